The van der Waals surface area contributed by atoms with Gasteiger partial charge >= 0.3 is 0 Å². The third-order valence-electron chi connectivity index (χ3n) is 3.11. The van der Waals surface area contributed by atoms with Crippen molar-refractivity contribution in [3.05, 3.63) is 48.0 Å². The fourth-order valence-corrected chi connectivity index (χ4v) is 2.13. The Labute approximate surface area is 146 Å². The smallest absolute Gasteiger partial charge is 0.191 e. The third kappa shape index (κ3) is 4.85. The van der Waals surface area contributed by atoms with E-state index in [-0.39, 0.29) is 0 Å². The van der Waals surface area contributed by atoms with E-state index in [2.05, 4.69) is 15.8 Å². The quantitative estimate of drug-likeness (QED) is 0.477. The molecular formula is C17H19N3O3S. The Morgan fingerprint density at radius 2 is 1.79 bits per heavy atom. The first-order chi connectivity index (χ1) is 11.7. The Balaban J connectivity index is 1.94. The van der Waals surface area contributed by atoms with E-state index < -0.39 is 0 Å². The number of methoxy groups -OCH3 is 3. The topological polar surface area (TPSA) is 64.1 Å². The predicted molar refractivity (Wildman–Crippen MR) is 99.5 cm³/mol. The highest BCUT2D eigenvalue weighted by atomic mass is 32.1. The van der Waals surface area contributed by atoms with Crippen LogP contribution in [-0.2, 0) is 0 Å². The van der Waals surface area contributed by atoms with Crippen LogP contribution in [0.1, 0.15) is 5.56 Å². The van der Waals surface area contributed by atoms with Gasteiger partial charge in [-0.05, 0) is 48.1 Å². The molecule has 0 atom stereocenters. The Morgan fingerprint density at radius 1 is 1.00 bits per heavy atom. The summed E-state index contributed by atoms with van der Waals surface area (Å²) in [5.41, 5.74) is 4.42. The van der Waals surface area contributed by atoms with E-state index in [0.29, 0.717) is 16.6 Å². The summed E-state index contributed by atoms with van der Waals surface area (Å²) < 4.78 is 15.6. The largest absolute Gasteiger partial charge is 0.497 e. The van der Waals surface area contributed by atoms with E-state index >= 15 is 0 Å². The summed E-state index contributed by atoms with van der Waals surface area (Å²) >= 11 is 5.20. The van der Waals surface area contributed by atoms with E-state index in [0.717, 1.165) is 17.0 Å². The zero-order chi connectivity index (χ0) is 17.4. The van der Waals surface area contributed by atoms with Gasteiger partial charge in [0.1, 0.15) is 5.75 Å². The number of benzene rings is 2. The van der Waals surface area contributed by atoms with Crippen LogP contribution in [-0.4, -0.2) is 32.7 Å². The molecule has 0 aliphatic carbocycles. The molecule has 2 aromatic carbocycles. The molecule has 0 saturated heterocycles. The van der Waals surface area contributed by atoms with Crippen LogP contribution in [0.4, 0.5) is 5.69 Å². The molecule has 0 saturated carbocycles. The van der Waals surface area contributed by atoms with E-state index in [1.54, 1.807) is 27.5 Å². The maximum atomic E-state index is 5.25. The number of hydrazone groups is 1. The highest BCUT2D eigenvalue weighted by Crippen LogP contribution is 2.26. The molecule has 0 heterocycles. The summed E-state index contributed by atoms with van der Waals surface area (Å²) in [5, 5.41) is 7.51. The van der Waals surface area contributed by atoms with Crippen LogP contribution in [0.3, 0.4) is 0 Å². The van der Waals surface area contributed by atoms with Gasteiger partial charge in [0.2, 0.25) is 0 Å². The molecule has 2 aromatic rings. The SMILES string of the molecule is COc1cccc(NC(=S)N/N=C\c2ccc(OC)c(OC)c2)c1. The molecule has 0 spiro atoms. The van der Waals surface area contributed by atoms with Gasteiger partial charge in [0.05, 0.1) is 27.5 Å². The van der Waals surface area contributed by atoms with Crippen LogP contribution in [0.2, 0.25) is 0 Å². The van der Waals surface area contributed by atoms with Gasteiger partial charge in [-0.25, -0.2) is 0 Å². The predicted octanol–water partition coefficient (Wildman–Crippen LogP) is 3.03. The van der Waals surface area contributed by atoms with E-state index in [1.165, 1.54) is 0 Å². The van der Waals surface area contributed by atoms with Crippen molar-refractivity contribution in [2.75, 3.05) is 26.6 Å². The van der Waals surface area contributed by atoms with Gasteiger partial charge in [0.25, 0.3) is 0 Å². The van der Waals surface area contributed by atoms with Gasteiger partial charge in [0.15, 0.2) is 16.6 Å². The van der Waals surface area contributed by atoms with Crippen molar-refractivity contribution in [1.29, 1.82) is 0 Å². The van der Waals surface area contributed by atoms with Crippen molar-refractivity contribution < 1.29 is 14.2 Å². The molecule has 0 aromatic heterocycles. The lowest BCUT2D eigenvalue weighted by atomic mass is 10.2. The number of hydrogen-bond acceptors (Lipinski definition) is 5. The number of rotatable bonds is 6. The fraction of sp³-hybridized carbons (Fsp3) is 0.176. The molecule has 24 heavy (non-hydrogen) atoms. The normalized spacial score (nSPS) is 10.3. The van der Waals surface area contributed by atoms with E-state index in [1.807, 2.05) is 42.5 Å². The molecule has 0 radical (unpaired) electrons. The molecule has 0 aliphatic rings. The highest BCUT2D eigenvalue weighted by Gasteiger charge is 2.03. The lowest BCUT2D eigenvalue weighted by Crippen LogP contribution is -2.23. The molecule has 0 amide bonds. The lowest BCUT2D eigenvalue weighted by Gasteiger charge is -2.09. The molecule has 2 N–H and O–H groups in total. The Bertz CT molecular complexity index is 735. The number of ether oxygens (including phenoxy) is 3. The van der Waals surface area contributed by atoms with E-state index in [4.69, 9.17) is 26.4 Å². The van der Waals surface area contributed by atoms with Crippen molar-refractivity contribution in [2.24, 2.45) is 5.10 Å². The number of anilines is 1. The molecule has 0 aliphatic heterocycles. The molecule has 0 bridgehead atoms. The average Bonchev–Trinajstić information content (AvgIpc) is 2.61. The summed E-state index contributed by atoms with van der Waals surface area (Å²) in [7, 11) is 4.79. The Morgan fingerprint density at radius 3 is 2.50 bits per heavy atom. The first-order valence-electron chi connectivity index (χ1n) is 7.12. The number of nitrogens with zero attached hydrogens (tertiary/aromatic N) is 1. The molecule has 7 heteroatoms. The lowest BCUT2D eigenvalue weighted by molar-refractivity contribution is 0.355. The summed E-state index contributed by atoms with van der Waals surface area (Å²) in [6.07, 6.45) is 1.64. The molecule has 0 unspecified atom stereocenters. The number of nitrogens with one attached hydrogen (secondary N) is 2. The second-order valence-electron chi connectivity index (χ2n) is 4.67. The number of hydrogen-bond donors (Lipinski definition) is 2. The van der Waals surface area contributed by atoms with Crippen LogP contribution in [0.5, 0.6) is 17.2 Å². The van der Waals surface area contributed by atoms with Crippen molar-refractivity contribution >= 4 is 29.2 Å². The minimum Gasteiger partial charge on any atom is -0.497 e. The molecular weight excluding hydrogens is 326 g/mol. The average molecular weight is 345 g/mol. The summed E-state index contributed by atoms with van der Waals surface area (Å²) in [5.74, 6) is 2.05. The zero-order valence-electron chi connectivity index (χ0n) is 13.7. The van der Waals surface area contributed by atoms with Crippen LogP contribution in [0, 0.1) is 0 Å². The second kappa shape index (κ2) is 8.73. The maximum Gasteiger partial charge on any atom is 0.191 e. The van der Waals surface area contributed by atoms with Gasteiger partial charge < -0.3 is 19.5 Å². The van der Waals surface area contributed by atoms with Gasteiger partial charge in [-0.2, -0.15) is 5.10 Å². The first kappa shape index (κ1) is 17.6. The van der Waals surface area contributed by atoms with Crippen LogP contribution < -0.4 is 25.0 Å². The first-order valence-corrected chi connectivity index (χ1v) is 7.53. The van der Waals surface area contributed by atoms with Crippen molar-refractivity contribution in [3.8, 4) is 17.2 Å². The van der Waals surface area contributed by atoms with Crippen LogP contribution >= 0.6 is 12.2 Å². The molecule has 6 nitrogen and oxygen atoms in total. The van der Waals surface area contributed by atoms with Gasteiger partial charge in [0, 0.05) is 11.8 Å². The molecule has 126 valence electrons. The minimum atomic E-state index is 0.375. The minimum absolute atomic E-state index is 0.375. The van der Waals surface area contributed by atoms with Crippen LogP contribution in [0.25, 0.3) is 0 Å². The summed E-state index contributed by atoms with van der Waals surface area (Å²) in [6, 6.07) is 13.0. The zero-order valence-corrected chi connectivity index (χ0v) is 14.5. The summed E-state index contributed by atoms with van der Waals surface area (Å²) in [4.78, 5) is 0. The molecule has 0 fully saturated rings. The summed E-state index contributed by atoms with van der Waals surface area (Å²) in [6.45, 7) is 0. The highest BCUT2D eigenvalue weighted by molar-refractivity contribution is 7.80. The molecule has 2 rings (SSSR count). The van der Waals surface area contributed by atoms with Gasteiger partial charge in [-0.15, -0.1) is 0 Å². The van der Waals surface area contributed by atoms with Gasteiger partial charge in [-0.3, -0.25) is 5.43 Å². The van der Waals surface area contributed by atoms with Gasteiger partial charge in [-0.1, -0.05) is 6.07 Å². The van der Waals surface area contributed by atoms with Crippen molar-refractivity contribution in [1.82, 2.24) is 5.43 Å². The fourth-order valence-electron chi connectivity index (χ4n) is 1.96. The van der Waals surface area contributed by atoms with E-state index in [9.17, 15) is 0 Å². The number of thiocarbonyl (C=S) groups is 1. The van der Waals surface area contributed by atoms with Crippen molar-refractivity contribution in [3.63, 3.8) is 0 Å². The third-order valence-corrected chi connectivity index (χ3v) is 3.31. The standard InChI is InChI=1S/C17H19N3O3S/c1-21-14-6-4-5-13(10-14)19-17(24)20-18-11-12-7-8-15(22-2)16(9-12)23-3/h4-11H,1-3H3,(H2,19,20,24)/b18-11-. The monoisotopic (exact) mass is 345 g/mol. The Hall–Kier alpha value is -2.80. The Kier molecular flexibility index (Phi) is 6.39. The maximum absolute atomic E-state index is 5.25. The van der Waals surface area contributed by atoms with Crippen LogP contribution in [0.15, 0.2) is 47.6 Å². The van der Waals surface area contributed by atoms with Crippen molar-refractivity contribution in [2.45, 2.75) is 0 Å². The second-order valence-corrected chi connectivity index (χ2v) is 5.08.